The first-order valence-electron chi connectivity index (χ1n) is 8.79. The van der Waals surface area contributed by atoms with Crippen LogP contribution in [0.4, 0.5) is 8.78 Å². The lowest BCUT2D eigenvalue weighted by atomic mass is 9.84. The summed E-state index contributed by atoms with van der Waals surface area (Å²) in [5, 5.41) is 15.0. The van der Waals surface area contributed by atoms with Crippen LogP contribution in [0.15, 0.2) is 36.7 Å². The summed E-state index contributed by atoms with van der Waals surface area (Å²) in [4.78, 5) is 24.2. The van der Waals surface area contributed by atoms with Crippen LogP contribution < -0.4 is 10.8 Å². The van der Waals surface area contributed by atoms with Crippen molar-refractivity contribution >= 4 is 11.8 Å². The molecular formula is C21H20F2N4O3. The van der Waals surface area contributed by atoms with Gasteiger partial charge in [0.1, 0.15) is 6.04 Å². The SMILES string of the molecule is Cn1cc(C#CC#Cc2ccc(C(=O)N[C@H](C(=O)NO)C(C)(C)C(F)F)cc2)cn1. The summed E-state index contributed by atoms with van der Waals surface area (Å²) in [6.45, 7) is 2.23. The number of nitrogens with zero attached hydrogens (tertiary/aromatic N) is 2. The van der Waals surface area contributed by atoms with Crippen molar-refractivity contribution < 1.29 is 23.6 Å². The monoisotopic (exact) mass is 414 g/mol. The molecule has 2 rings (SSSR count). The highest BCUT2D eigenvalue weighted by Crippen LogP contribution is 2.29. The standard InChI is InChI=1S/C21H20F2N4O3/c1-21(2,20(22)23)17(19(29)26-30)25-18(28)16-10-8-14(9-11-16)6-4-5-7-15-12-24-27(3)13-15/h8-13,17,20,30H,1-3H3,(H,25,28)(H,26,29)/t17-/m1/s1. The van der Waals surface area contributed by atoms with E-state index in [0.717, 1.165) is 19.4 Å². The van der Waals surface area contributed by atoms with Gasteiger partial charge >= 0.3 is 0 Å². The molecule has 0 saturated carbocycles. The predicted molar refractivity (Wildman–Crippen MR) is 104 cm³/mol. The van der Waals surface area contributed by atoms with Gasteiger partial charge in [-0.1, -0.05) is 19.8 Å². The van der Waals surface area contributed by atoms with Gasteiger partial charge in [0.25, 0.3) is 11.8 Å². The van der Waals surface area contributed by atoms with E-state index in [1.54, 1.807) is 36.3 Å². The molecule has 1 aromatic heterocycles. The quantitative estimate of drug-likeness (QED) is 0.394. The van der Waals surface area contributed by atoms with E-state index in [-0.39, 0.29) is 5.56 Å². The van der Waals surface area contributed by atoms with Crippen LogP contribution in [0.2, 0.25) is 0 Å². The van der Waals surface area contributed by atoms with Crippen LogP contribution in [0, 0.1) is 29.1 Å². The molecule has 0 aliphatic rings. The number of nitrogens with one attached hydrogen (secondary N) is 2. The van der Waals surface area contributed by atoms with Gasteiger partial charge in [-0.15, -0.1) is 0 Å². The van der Waals surface area contributed by atoms with E-state index in [1.165, 1.54) is 17.6 Å². The number of rotatable bonds is 5. The second kappa shape index (κ2) is 9.68. The fourth-order valence-corrected chi connectivity index (χ4v) is 2.39. The highest BCUT2D eigenvalue weighted by atomic mass is 19.3. The van der Waals surface area contributed by atoms with Gasteiger partial charge in [-0.2, -0.15) is 5.10 Å². The third kappa shape index (κ3) is 5.66. The van der Waals surface area contributed by atoms with Crippen LogP contribution in [0.25, 0.3) is 0 Å². The van der Waals surface area contributed by atoms with Gasteiger partial charge < -0.3 is 5.32 Å². The third-order valence-electron chi connectivity index (χ3n) is 4.28. The summed E-state index contributed by atoms with van der Waals surface area (Å²) >= 11 is 0. The van der Waals surface area contributed by atoms with Gasteiger partial charge in [-0.25, -0.2) is 14.3 Å². The van der Waals surface area contributed by atoms with Crippen LogP contribution in [0.1, 0.15) is 35.3 Å². The first kappa shape index (κ1) is 22.6. The molecule has 0 aliphatic carbocycles. The molecule has 156 valence electrons. The lowest BCUT2D eigenvalue weighted by molar-refractivity contribution is -0.137. The van der Waals surface area contributed by atoms with Gasteiger partial charge in [0.05, 0.1) is 17.2 Å². The number of carbonyl (C=O) groups is 2. The molecule has 0 aliphatic heterocycles. The molecule has 9 heteroatoms. The number of alkyl halides is 2. The minimum atomic E-state index is -2.91. The number of carbonyl (C=O) groups excluding carboxylic acids is 2. The van der Waals surface area contributed by atoms with Crippen LogP contribution in [-0.4, -0.2) is 39.3 Å². The molecule has 1 heterocycles. The number of hydrogen-bond acceptors (Lipinski definition) is 4. The Labute approximate surface area is 172 Å². The van der Waals surface area contributed by atoms with Crippen molar-refractivity contribution in [1.29, 1.82) is 0 Å². The van der Waals surface area contributed by atoms with E-state index in [4.69, 9.17) is 5.21 Å². The second-order valence-electron chi connectivity index (χ2n) is 6.98. The minimum absolute atomic E-state index is 0.141. The molecule has 0 radical (unpaired) electrons. The highest BCUT2D eigenvalue weighted by molar-refractivity contribution is 5.97. The van der Waals surface area contributed by atoms with Crippen molar-refractivity contribution in [3.8, 4) is 23.7 Å². The average Bonchev–Trinajstić information content (AvgIpc) is 3.13. The lowest BCUT2D eigenvalue weighted by Crippen LogP contribution is -2.56. The predicted octanol–water partition coefficient (Wildman–Crippen LogP) is 1.72. The second-order valence-corrected chi connectivity index (χ2v) is 6.98. The van der Waals surface area contributed by atoms with Crippen LogP contribution in [-0.2, 0) is 11.8 Å². The maximum atomic E-state index is 13.3. The largest absolute Gasteiger partial charge is 0.339 e. The molecule has 1 atom stereocenters. The van der Waals surface area contributed by atoms with E-state index in [9.17, 15) is 18.4 Å². The molecule has 0 spiro atoms. The number of amides is 2. The molecule has 0 bridgehead atoms. The summed E-state index contributed by atoms with van der Waals surface area (Å²) in [5.41, 5.74) is 0.866. The zero-order valence-electron chi connectivity index (χ0n) is 16.5. The van der Waals surface area contributed by atoms with Gasteiger partial charge in [0.2, 0.25) is 6.43 Å². The van der Waals surface area contributed by atoms with Gasteiger partial charge in [-0.05, 0) is 42.0 Å². The molecule has 7 nitrogen and oxygen atoms in total. The molecule has 0 saturated heterocycles. The van der Waals surface area contributed by atoms with E-state index in [2.05, 4.69) is 34.1 Å². The van der Waals surface area contributed by atoms with Crippen LogP contribution >= 0.6 is 0 Å². The van der Waals surface area contributed by atoms with Crippen molar-refractivity contribution in [3.05, 3.63) is 53.3 Å². The van der Waals surface area contributed by atoms with Crippen LogP contribution in [0.5, 0.6) is 0 Å². The van der Waals surface area contributed by atoms with Crippen molar-refractivity contribution in [2.24, 2.45) is 12.5 Å². The molecule has 3 N–H and O–H groups in total. The summed E-state index contributed by atoms with van der Waals surface area (Å²) in [6.07, 6.45) is 0.453. The molecule has 0 unspecified atom stereocenters. The number of benzene rings is 1. The lowest BCUT2D eigenvalue weighted by Gasteiger charge is -2.32. The first-order valence-corrected chi connectivity index (χ1v) is 8.79. The summed E-state index contributed by atoms with van der Waals surface area (Å²) in [6, 6.07) is 4.37. The Morgan fingerprint density at radius 3 is 2.23 bits per heavy atom. The Balaban J connectivity index is 2.10. The highest BCUT2D eigenvalue weighted by Gasteiger charge is 2.43. The van der Waals surface area contributed by atoms with Crippen molar-refractivity contribution in [3.63, 3.8) is 0 Å². The number of aryl methyl sites for hydroxylation is 1. The van der Waals surface area contributed by atoms with Crippen molar-refractivity contribution in [1.82, 2.24) is 20.6 Å². The number of aromatic nitrogens is 2. The van der Waals surface area contributed by atoms with Gasteiger partial charge in [-0.3, -0.25) is 19.5 Å². The summed E-state index contributed by atoms with van der Waals surface area (Å²) in [7, 11) is 1.78. The Morgan fingerprint density at radius 2 is 1.73 bits per heavy atom. The summed E-state index contributed by atoms with van der Waals surface area (Å²) < 4.78 is 28.2. The van der Waals surface area contributed by atoms with Crippen LogP contribution in [0.3, 0.4) is 0 Å². The maximum absolute atomic E-state index is 13.3. The molecule has 2 aromatic rings. The Hall–Kier alpha value is -3.69. The molecule has 2 amide bonds. The fourth-order valence-electron chi connectivity index (χ4n) is 2.39. The first-order chi connectivity index (χ1) is 14.1. The minimum Gasteiger partial charge on any atom is -0.339 e. The number of halogens is 2. The van der Waals surface area contributed by atoms with Crippen molar-refractivity contribution in [2.45, 2.75) is 26.3 Å². The van der Waals surface area contributed by atoms with E-state index < -0.39 is 29.7 Å². The maximum Gasteiger partial charge on any atom is 0.266 e. The van der Waals surface area contributed by atoms with Gasteiger partial charge in [0, 0.05) is 24.4 Å². The smallest absolute Gasteiger partial charge is 0.266 e. The Bertz CT molecular complexity index is 1040. The zero-order chi connectivity index (χ0) is 22.3. The van der Waals surface area contributed by atoms with Gasteiger partial charge in [0.15, 0.2) is 0 Å². The third-order valence-corrected chi connectivity index (χ3v) is 4.28. The fraction of sp³-hybridized carbons (Fsp3) is 0.286. The normalized spacial score (nSPS) is 11.6. The Morgan fingerprint density at radius 1 is 1.13 bits per heavy atom. The average molecular weight is 414 g/mol. The topological polar surface area (TPSA) is 96.2 Å². The molecule has 1 aromatic carbocycles. The number of hydrogen-bond donors (Lipinski definition) is 3. The van der Waals surface area contributed by atoms with E-state index >= 15 is 0 Å². The Kier molecular flexibility index (Phi) is 7.29. The van der Waals surface area contributed by atoms with Crippen molar-refractivity contribution in [2.75, 3.05) is 0 Å². The molecule has 0 fully saturated rings. The van der Waals surface area contributed by atoms with E-state index in [1.807, 2.05) is 0 Å². The molecular weight excluding hydrogens is 394 g/mol. The van der Waals surface area contributed by atoms with E-state index in [0.29, 0.717) is 5.56 Å². The zero-order valence-corrected chi connectivity index (χ0v) is 16.5. The molecule has 30 heavy (non-hydrogen) atoms. The summed E-state index contributed by atoms with van der Waals surface area (Å²) in [5.74, 6) is 9.15. The number of hydroxylamine groups is 1.